The number of pyridine rings is 1. The SMILES string of the molecule is CC#CCCNC(C)c1c(C)cc(C)nc1C. The molecule has 1 atom stereocenters. The molecule has 0 aromatic carbocycles. The molecule has 0 amide bonds. The molecule has 1 aromatic heterocycles. The maximum absolute atomic E-state index is 4.53. The first kappa shape index (κ1) is 13.7. The van der Waals surface area contributed by atoms with E-state index >= 15 is 0 Å². The van der Waals surface area contributed by atoms with E-state index in [1.165, 1.54) is 11.1 Å². The summed E-state index contributed by atoms with van der Waals surface area (Å²) in [5.41, 5.74) is 4.86. The van der Waals surface area contributed by atoms with Crippen LogP contribution in [0.4, 0.5) is 0 Å². The molecule has 17 heavy (non-hydrogen) atoms. The zero-order chi connectivity index (χ0) is 12.8. The fourth-order valence-corrected chi connectivity index (χ4v) is 2.27. The Bertz CT molecular complexity index is 415. The Kier molecular flexibility index (Phi) is 5.18. The molecule has 0 saturated heterocycles. The van der Waals surface area contributed by atoms with Crippen LogP contribution in [0.5, 0.6) is 0 Å². The summed E-state index contributed by atoms with van der Waals surface area (Å²) in [6, 6.07) is 2.48. The monoisotopic (exact) mass is 230 g/mol. The molecule has 0 spiro atoms. The average molecular weight is 230 g/mol. The lowest BCUT2D eigenvalue weighted by molar-refractivity contribution is 0.576. The van der Waals surface area contributed by atoms with Gasteiger partial charge in [0.1, 0.15) is 0 Å². The lowest BCUT2D eigenvalue weighted by atomic mass is 10.0. The molecule has 92 valence electrons. The van der Waals surface area contributed by atoms with Crippen LogP contribution in [0.15, 0.2) is 6.07 Å². The van der Waals surface area contributed by atoms with Gasteiger partial charge in [-0.25, -0.2) is 0 Å². The molecule has 1 N–H and O–H groups in total. The number of nitrogens with zero attached hydrogens (tertiary/aromatic N) is 1. The van der Waals surface area contributed by atoms with Crippen LogP contribution in [0, 0.1) is 32.6 Å². The second-order valence-electron chi connectivity index (χ2n) is 4.43. The van der Waals surface area contributed by atoms with E-state index in [-0.39, 0.29) is 0 Å². The fraction of sp³-hybridized carbons (Fsp3) is 0.533. The van der Waals surface area contributed by atoms with Gasteiger partial charge in [0.2, 0.25) is 0 Å². The highest BCUT2D eigenvalue weighted by Crippen LogP contribution is 2.20. The second kappa shape index (κ2) is 6.42. The largest absolute Gasteiger partial charge is 0.309 e. The van der Waals surface area contributed by atoms with E-state index in [0.717, 1.165) is 24.4 Å². The van der Waals surface area contributed by atoms with Gasteiger partial charge in [-0.1, -0.05) is 0 Å². The van der Waals surface area contributed by atoms with Crippen LogP contribution >= 0.6 is 0 Å². The predicted octanol–water partition coefficient (Wildman–Crippen LogP) is 3.07. The number of aryl methyl sites for hydroxylation is 3. The number of nitrogens with one attached hydrogen (secondary N) is 1. The molecule has 1 unspecified atom stereocenters. The van der Waals surface area contributed by atoms with Gasteiger partial charge in [0.15, 0.2) is 0 Å². The highest BCUT2D eigenvalue weighted by Gasteiger charge is 2.11. The summed E-state index contributed by atoms with van der Waals surface area (Å²) in [5.74, 6) is 5.97. The van der Waals surface area contributed by atoms with Gasteiger partial charge in [0.05, 0.1) is 0 Å². The first-order valence-corrected chi connectivity index (χ1v) is 6.14. The molecule has 0 aliphatic heterocycles. The highest BCUT2D eigenvalue weighted by atomic mass is 14.9. The van der Waals surface area contributed by atoms with E-state index < -0.39 is 0 Å². The third-order valence-corrected chi connectivity index (χ3v) is 2.89. The van der Waals surface area contributed by atoms with Crippen molar-refractivity contribution in [3.63, 3.8) is 0 Å². The molecule has 0 aliphatic rings. The van der Waals surface area contributed by atoms with Crippen molar-refractivity contribution in [3.8, 4) is 11.8 Å². The van der Waals surface area contributed by atoms with Crippen LogP contribution in [-0.4, -0.2) is 11.5 Å². The third-order valence-electron chi connectivity index (χ3n) is 2.89. The van der Waals surface area contributed by atoms with Gasteiger partial charge in [0.25, 0.3) is 0 Å². The average Bonchev–Trinajstić information content (AvgIpc) is 2.23. The number of rotatable bonds is 4. The van der Waals surface area contributed by atoms with Crippen molar-refractivity contribution in [2.75, 3.05) is 6.54 Å². The molecule has 0 fully saturated rings. The zero-order valence-corrected chi connectivity index (χ0v) is 11.5. The zero-order valence-electron chi connectivity index (χ0n) is 11.5. The van der Waals surface area contributed by atoms with Crippen molar-refractivity contribution < 1.29 is 0 Å². The molecular formula is C15H22N2. The van der Waals surface area contributed by atoms with Gasteiger partial charge in [-0.2, -0.15) is 0 Å². The lowest BCUT2D eigenvalue weighted by Gasteiger charge is -2.18. The topological polar surface area (TPSA) is 24.9 Å². The summed E-state index contributed by atoms with van der Waals surface area (Å²) in [5, 5.41) is 3.49. The molecule has 0 aliphatic carbocycles. The quantitative estimate of drug-likeness (QED) is 0.635. The molecule has 0 radical (unpaired) electrons. The van der Waals surface area contributed by atoms with E-state index in [1.54, 1.807) is 0 Å². The van der Waals surface area contributed by atoms with Gasteiger partial charge in [-0.3, -0.25) is 4.98 Å². The normalized spacial score (nSPS) is 11.8. The van der Waals surface area contributed by atoms with Gasteiger partial charge in [0, 0.05) is 30.4 Å². The smallest absolute Gasteiger partial charge is 0.0426 e. The molecular weight excluding hydrogens is 208 g/mol. The Morgan fingerprint density at radius 2 is 2.06 bits per heavy atom. The van der Waals surface area contributed by atoms with E-state index in [4.69, 9.17) is 0 Å². The van der Waals surface area contributed by atoms with Gasteiger partial charge in [-0.15, -0.1) is 11.8 Å². The molecule has 1 heterocycles. The summed E-state index contributed by atoms with van der Waals surface area (Å²) in [7, 11) is 0. The minimum absolute atomic E-state index is 0.335. The number of hydrogen-bond acceptors (Lipinski definition) is 2. The summed E-state index contributed by atoms with van der Waals surface area (Å²) < 4.78 is 0. The highest BCUT2D eigenvalue weighted by molar-refractivity contribution is 5.33. The van der Waals surface area contributed by atoms with Crippen molar-refractivity contribution in [1.82, 2.24) is 10.3 Å². The van der Waals surface area contributed by atoms with Crippen molar-refractivity contribution in [3.05, 3.63) is 28.6 Å². The summed E-state index contributed by atoms with van der Waals surface area (Å²) in [6.07, 6.45) is 0.901. The summed E-state index contributed by atoms with van der Waals surface area (Å²) in [6.45, 7) is 11.3. The van der Waals surface area contributed by atoms with Crippen LogP contribution in [-0.2, 0) is 0 Å². The van der Waals surface area contributed by atoms with Crippen molar-refractivity contribution in [2.24, 2.45) is 0 Å². The van der Waals surface area contributed by atoms with E-state index in [2.05, 4.69) is 49.0 Å². The number of aromatic nitrogens is 1. The Hall–Kier alpha value is -1.33. The van der Waals surface area contributed by atoms with Crippen LogP contribution in [0.2, 0.25) is 0 Å². The molecule has 0 bridgehead atoms. The van der Waals surface area contributed by atoms with Crippen molar-refractivity contribution in [2.45, 2.75) is 47.1 Å². The fourth-order valence-electron chi connectivity index (χ4n) is 2.27. The van der Waals surface area contributed by atoms with Gasteiger partial charge in [-0.05, 0) is 51.8 Å². The molecule has 0 saturated carbocycles. The maximum Gasteiger partial charge on any atom is 0.0426 e. The minimum Gasteiger partial charge on any atom is -0.309 e. The molecule has 1 rings (SSSR count). The Labute approximate surface area is 105 Å². The second-order valence-corrected chi connectivity index (χ2v) is 4.43. The van der Waals surface area contributed by atoms with E-state index in [0.29, 0.717) is 6.04 Å². The van der Waals surface area contributed by atoms with E-state index in [9.17, 15) is 0 Å². The Balaban J connectivity index is 2.73. The Morgan fingerprint density at radius 1 is 1.35 bits per heavy atom. The lowest BCUT2D eigenvalue weighted by Crippen LogP contribution is -2.21. The summed E-state index contributed by atoms with van der Waals surface area (Å²) >= 11 is 0. The maximum atomic E-state index is 4.53. The molecule has 1 aromatic rings. The Morgan fingerprint density at radius 3 is 2.65 bits per heavy atom. The van der Waals surface area contributed by atoms with Crippen LogP contribution < -0.4 is 5.32 Å². The summed E-state index contributed by atoms with van der Waals surface area (Å²) in [4.78, 5) is 4.53. The van der Waals surface area contributed by atoms with Crippen LogP contribution in [0.3, 0.4) is 0 Å². The molecule has 2 heteroatoms. The van der Waals surface area contributed by atoms with E-state index in [1.807, 2.05) is 13.8 Å². The standard InChI is InChI=1S/C15H22N2/c1-6-7-8-9-16-13(4)15-11(2)10-12(3)17-14(15)5/h10,13,16H,8-9H2,1-5H3. The number of hydrogen-bond donors (Lipinski definition) is 1. The van der Waals surface area contributed by atoms with Crippen molar-refractivity contribution in [1.29, 1.82) is 0 Å². The first-order valence-electron chi connectivity index (χ1n) is 6.14. The first-order chi connectivity index (χ1) is 8.06. The van der Waals surface area contributed by atoms with Crippen LogP contribution in [0.25, 0.3) is 0 Å². The van der Waals surface area contributed by atoms with Crippen LogP contribution in [0.1, 0.15) is 48.8 Å². The predicted molar refractivity (Wildman–Crippen MR) is 72.9 cm³/mol. The van der Waals surface area contributed by atoms with Gasteiger partial charge < -0.3 is 5.32 Å². The minimum atomic E-state index is 0.335. The van der Waals surface area contributed by atoms with Crippen molar-refractivity contribution >= 4 is 0 Å². The third kappa shape index (κ3) is 3.87. The molecule has 2 nitrogen and oxygen atoms in total. The van der Waals surface area contributed by atoms with Gasteiger partial charge >= 0.3 is 0 Å².